The monoisotopic (exact) mass is 581 g/mol. The third-order valence-corrected chi connectivity index (χ3v) is 7.89. The van der Waals surface area contributed by atoms with Crippen LogP contribution in [-0.4, -0.2) is 44.9 Å². The molecule has 0 aliphatic heterocycles. The summed E-state index contributed by atoms with van der Waals surface area (Å²) < 4.78 is 5.29. The molecule has 7 nitrogen and oxygen atoms in total. The van der Waals surface area contributed by atoms with Crippen molar-refractivity contribution in [1.82, 2.24) is 10.3 Å². The summed E-state index contributed by atoms with van der Waals surface area (Å²) in [5.74, 6) is 2.65. The molecule has 1 heterocycles. The second-order valence-corrected chi connectivity index (χ2v) is 10.7. The first-order valence-corrected chi connectivity index (χ1v) is 15.9. The fourth-order valence-electron chi connectivity index (χ4n) is 5.34. The second-order valence-electron chi connectivity index (χ2n) is 10.7. The van der Waals surface area contributed by atoms with Gasteiger partial charge in [-0.05, 0) is 87.0 Å². The van der Waals surface area contributed by atoms with Crippen LogP contribution in [0.1, 0.15) is 109 Å². The molecule has 236 valence electrons. The molecule has 1 aromatic heterocycles. The SMILES string of the molecule is CC.CCNC.CN(C(=O)C1CCCCC1)c1cc(/C(C=N)=C/N)ccn1.COc1ccc(C2CCCCC2)cc1C.[HH]. The number of ether oxygens (including phenoxy) is 1. The van der Waals surface area contributed by atoms with Crippen LogP contribution in [0.15, 0.2) is 42.7 Å². The number of hydrogen-bond acceptors (Lipinski definition) is 6. The number of carbonyl (C=O) groups is 1. The van der Waals surface area contributed by atoms with Crippen LogP contribution in [0.4, 0.5) is 5.82 Å². The van der Waals surface area contributed by atoms with E-state index in [1.165, 1.54) is 62.1 Å². The zero-order chi connectivity index (χ0) is 31.3. The average Bonchev–Trinajstić information content (AvgIpc) is 3.07. The maximum Gasteiger partial charge on any atom is 0.230 e. The largest absolute Gasteiger partial charge is 0.496 e. The van der Waals surface area contributed by atoms with Gasteiger partial charge in [0.2, 0.25) is 5.91 Å². The van der Waals surface area contributed by atoms with Crippen LogP contribution in [0.3, 0.4) is 0 Å². The fraction of sp³-hybridized carbons (Fsp3) is 0.571. The van der Waals surface area contributed by atoms with Gasteiger partial charge in [0.05, 0.1) is 7.11 Å². The van der Waals surface area contributed by atoms with E-state index in [0.29, 0.717) is 11.4 Å². The molecule has 0 radical (unpaired) electrons. The lowest BCUT2D eigenvalue weighted by molar-refractivity contribution is -0.123. The highest BCUT2D eigenvalue weighted by atomic mass is 16.5. The lowest BCUT2D eigenvalue weighted by atomic mass is 9.83. The van der Waals surface area contributed by atoms with E-state index in [0.717, 1.165) is 49.5 Å². The van der Waals surface area contributed by atoms with E-state index in [9.17, 15) is 4.79 Å². The summed E-state index contributed by atoms with van der Waals surface area (Å²) in [5.41, 5.74) is 9.68. The molecule has 2 aliphatic rings. The van der Waals surface area contributed by atoms with Crippen molar-refractivity contribution in [2.24, 2.45) is 11.7 Å². The molecule has 0 unspecified atom stereocenters. The minimum absolute atomic E-state index is 0. The van der Waals surface area contributed by atoms with Crippen molar-refractivity contribution in [2.45, 2.75) is 97.8 Å². The van der Waals surface area contributed by atoms with Crippen LogP contribution in [0, 0.1) is 18.3 Å². The zero-order valence-corrected chi connectivity index (χ0v) is 27.3. The molecule has 1 aromatic carbocycles. The van der Waals surface area contributed by atoms with E-state index < -0.39 is 0 Å². The molecule has 2 saturated carbocycles. The first-order valence-electron chi connectivity index (χ1n) is 15.9. The van der Waals surface area contributed by atoms with Gasteiger partial charge < -0.3 is 21.2 Å². The van der Waals surface area contributed by atoms with Crippen LogP contribution in [0.5, 0.6) is 5.75 Å². The number of methoxy groups -OCH3 is 1. The highest BCUT2D eigenvalue weighted by molar-refractivity contribution is 6.08. The Morgan fingerprint density at radius 2 is 1.69 bits per heavy atom. The van der Waals surface area contributed by atoms with Gasteiger partial charge >= 0.3 is 0 Å². The minimum atomic E-state index is 0. The molecule has 2 aromatic rings. The summed E-state index contributed by atoms with van der Waals surface area (Å²) in [6, 6.07) is 10.2. The van der Waals surface area contributed by atoms with Gasteiger partial charge in [-0.15, -0.1) is 0 Å². The van der Waals surface area contributed by atoms with Gasteiger partial charge in [-0.25, -0.2) is 4.98 Å². The summed E-state index contributed by atoms with van der Waals surface area (Å²) in [6.07, 6.45) is 16.6. The number of allylic oxidation sites excluding steroid dienone is 1. The lowest BCUT2D eigenvalue weighted by Crippen LogP contribution is -2.34. The van der Waals surface area contributed by atoms with Crippen LogP contribution >= 0.6 is 0 Å². The summed E-state index contributed by atoms with van der Waals surface area (Å²) in [5, 5.41) is 10.3. The minimum Gasteiger partial charge on any atom is -0.496 e. The number of anilines is 1. The number of amides is 1. The predicted octanol–water partition coefficient (Wildman–Crippen LogP) is 8.12. The Balaban J connectivity index is 0.000000703. The molecule has 0 spiro atoms. The van der Waals surface area contributed by atoms with Gasteiger partial charge in [-0.2, -0.15) is 0 Å². The van der Waals surface area contributed by atoms with Crippen LogP contribution in [0.2, 0.25) is 0 Å². The molecule has 0 saturated heterocycles. The Labute approximate surface area is 257 Å². The molecule has 0 atom stereocenters. The summed E-state index contributed by atoms with van der Waals surface area (Å²) in [6.45, 7) is 9.27. The van der Waals surface area contributed by atoms with Crippen molar-refractivity contribution >= 4 is 23.5 Å². The highest BCUT2D eigenvalue weighted by Gasteiger charge is 2.25. The van der Waals surface area contributed by atoms with E-state index in [-0.39, 0.29) is 13.3 Å². The summed E-state index contributed by atoms with van der Waals surface area (Å²) in [4.78, 5) is 18.4. The Bertz CT molecular complexity index is 1080. The Hall–Kier alpha value is -3.19. The zero-order valence-electron chi connectivity index (χ0n) is 27.3. The molecular weight excluding hydrogens is 522 g/mol. The van der Waals surface area contributed by atoms with Crippen molar-refractivity contribution in [3.63, 3.8) is 0 Å². The number of nitrogens with two attached hydrogens (primary N) is 1. The van der Waals surface area contributed by atoms with Crippen molar-refractivity contribution in [1.29, 1.82) is 5.41 Å². The number of benzene rings is 1. The van der Waals surface area contributed by atoms with E-state index in [1.807, 2.05) is 20.9 Å². The number of aromatic nitrogens is 1. The third-order valence-electron chi connectivity index (χ3n) is 7.89. The number of nitrogens with one attached hydrogen (secondary N) is 2. The normalized spacial score (nSPS) is 15.5. The van der Waals surface area contributed by atoms with Crippen LogP contribution in [-0.2, 0) is 4.79 Å². The van der Waals surface area contributed by atoms with Crippen molar-refractivity contribution in [3.8, 4) is 5.75 Å². The first kappa shape index (κ1) is 36.8. The smallest absolute Gasteiger partial charge is 0.230 e. The number of hydrogen-bond donors (Lipinski definition) is 3. The highest BCUT2D eigenvalue weighted by Crippen LogP contribution is 2.34. The number of rotatable bonds is 7. The molecular formula is C35H59N5O2. The third kappa shape index (κ3) is 12.0. The van der Waals surface area contributed by atoms with Gasteiger partial charge in [0, 0.05) is 38.6 Å². The number of aryl methyl sites for hydroxylation is 1. The van der Waals surface area contributed by atoms with Crippen molar-refractivity contribution in [3.05, 3.63) is 59.4 Å². The molecule has 7 heteroatoms. The van der Waals surface area contributed by atoms with Gasteiger partial charge in [0.15, 0.2) is 0 Å². The number of pyridine rings is 1. The van der Waals surface area contributed by atoms with Gasteiger partial charge in [0.25, 0.3) is 0 Å². The van der Waals surface area contributed by atoms with E-state index in [2.05, 4.69) is 42.3 Å². The second kappa shape index (κ2) is 21.5. The van der Waals surface area contributed by atoms with Crippen LogP contribution < -0.4 is 20.7 Å². The summed E-state index contributed by atoms with van der Waals surface area (Å²) >= 11 is 0. The van der Waals surface area contributed by atoms with Crippen LogP contribution in [0.25, 0.3) is 5.57 Å². The number of nitrogens with zero attached hydrogens (tertiary/aromatic N) is 2. The Kier molecular flexibility index (Phi) is 18.9. The Morgan fingerprint density at radius 3 is 2.19 bits per heavy atom. The van der Waals surface area contributed by atoms with E-state index >= 15 is 0 Å². The van der Waals surface area contributed by atoms with Gasteiger partial charge in [0.1, 0.15) is 11.6 Å². The van der Waals surface area contributed by atoms with E-state index in [1.54, 1.807) is 37.4 Å². The maximum absolute atomic E-state index is 12.5. The standard InChI is InChI=1S/C16H22N4O.C14H20O.C3H9N.C2H6.H2/c1-20(16(21)12-5-3-2-4-6-12)15-9-13(7-8-19-15)14(10-17)11-18;1-11-10-13(8-9-14(11)15-2)12-6-4-3-5-7-12;1-3-4-2;1-2;/h7-12,17H,2-6,18H2,1H3;8-10,12H,3-7H2,1-2H3;4H,3H2,1-2H3;1-2H3;1H/b14-11+,17-10?;;;;. The number of carbonyl (C=O) groups excluding carboxylic acids is 1. The van der Waals surface area contributed by atoms with Crippen molar-refractivity contribution in [2.75, 3.05) is 32.6 Å². The molecule has 2 fully saturated rings. The predicted molar refractivity (Wildman–Crippen MR) is 182 cm³/mol. The first-order chi connectivity index (χ1) is 20.4. The lowest BCUT2D eigenvalue weighted by Gasteiger charge is -2.26. The molecule has 2 aliphatic carbocycles. The van der Waals surface area contributed by atoms with Gasteiger partial charge in [-0.1, -0.05) is 71.4 Å². The molecule has 1 amide bonds. The van der Waals surface area contributed by atoms with E-state index in [4.69, 9.17) is 15.9 Å². The molecule has 0 bridgehead atoms. The summed E-state index contributed by atoms with van der Waals surface area (Å²) in [7, 11) is 5.43. The molecule has 4 N–H and O–H groups in total. The quantitative estimate of drug-likeness (QED) is 0.286. The van der Waals surface area contributed by atoms with Crippen molar-refractivity contribution < 1.29 is 11.0 Å². The maximum atomic E-state index is 12.5. The Morgan fingerprint density at radius 1 is 1.10 bits per heavy atom. The topological polar surface area (TPSA) is 104 Å². The molecule has 4 rings (SSSR count). The average molecular weight is 582 g/mol. The fourth-order valence-corrected chi connectivity index (χ4v) is 5.34. The van der Waals surface area contributed by atoms with Gasteiger partial charge in [-0.3, -0.25) is 9.69 Å². The molecule has 42 heavy (non-hydrogen) atoms.